The van der Waals surface area contributed by atoms with Crippen molar-refractivity contribution < 1.29 is 13.2 Å². The monoisotopic (exact) mass is 275 g/mol. The maximum Gasteiger partial charge on any atom is 0.416 e. The van der Waals surface area contributed by atoms with E-state index in [1.54, 1.807) is 17.8 Å². The first kappa shape index (κ1) is 12.8. The van der Waals surface area contributed by atoms with Crippen LogP contribution in [0.15, 0.2) is 30.6 Å². The average molecular weight is 276 g/mol. The van der Waals surface area contributed by atoms with Gasteiger partial charge in [-0.05, 0) is 18.2 Å². The number of nitrogens with one attached hydrogen (secondary N) is 1. The second-order valence-corrected chi connectivity index (χ2v) is 4.09. The number of nitrogens with zero attached hydrogens (tertiary/aromatic N) is 2. The summed E-state index contributed by atoms with van der Waals surface area (Å²) in [6, 6.07) is 3.10. The van der Waals surface area contributed by atoms with Crippen LogP contribution in [0.4, 0.5) is 24.8 Å². The van der Waals surface area contributed by atoms with E-state index in [9.17, 15) is 13.2 Å². The first-order chi connectivity index (χ1) is 8.38. The highest BCUT2D eigenvalue weighted by Gasteiger charge is 2.31. The lowest BCUT2D eigenvalue weighted by Crippen LogP contribution is -2.06. The number of hydrogen-bond donors (Lipinski definition) is 1. The van der Waals surface area contributed by atoms with Gasteiger partial charge in [0.1, 0.15) is 0 Å². The number of aryl methyl sites for hydroxylation is 1. The van der Waals surface area contributed by atoms with Crippen LogP contribution in [0.25, 0.3) is 0 Å². The SMILES string of the molecule is Cn1ccnc1Nc1cc(C(F)(F)F)ccc1Cl. The fourth-order valence-corrected chi connectivity index (χ4v) is 1.57. The molecule has 0 fully saturated rings. The van der Waals surface area contributed by atoms with Gasteiger partial charge in [0.15, 0.2) is 0 Å². The average Bonchev–Trinajstić information content (AvgIpc) is 2.66. The van der Waals surface area contributed by atoms with Crippen molar-refractivity contribution in [2.24, 2.45) is 7.05 Å². The molecule has 0 aliphatic heterocycles. The molecule has 1 heterocycles. The Balaban J connectivity index is 2.36. The maximum atomic E-state index is 12.6. The number of rotatable bonds is 2. The summed E-state index contributed by atoms with van der Waals surface area (Å²) in [6.07, 6.45) is -1.20. The summed E-state index contributed by atoms with van der Waals surface area (Å²) >= 11 is 5.85. The van der Waals surface area contributed by atoms with Gasteiger partial charge >= 0.3 is 6.18 Å². The minimum absolute atomic E-state index is 0.167. The van der Waals surface area contributed by atoms with Crippen LogP contribution in [0.1, 0.15) is 5.56 Å². The fourth-order valence-electron chi connectivity index (χ4n) is 1.40. The van der Waals surface area contributed by atoms with E-state index in [-0.39, 0.29) is 10.7 Å². The van der Waals surface area contributed by atoms with Gasteiger partial charge < -0.3 is 9.88 Å². The van der Waals surface area contributed by atoms with Gasteiger partial charge in [-0.2, -0.15) is 13.2 Å². The molecule has 3 nitrogen and oxygen atoms in total. The Morgan fingerprint density at radius 3 is 2.61 bits per heavy atom. The molecule has 0 bridgehead atoms. The Hall–Kier alpha value is -1.69. The van der Waals surface area contributed by atoms with Crippen LogP contribution in [0.3, 0.4) is 0 Å². The van der Waals surface area contributed by atoms with Crippen LogP contribution < -0.4 is 5.32 Å². The third-order valence-electron chi connectivity index (χ3n) is 2.36. The van der Waals surface area contributed by atoms with Gasteiger partial charge in [-0.1, -0.05) is 11.6 Å². The van der Waals surface area contributed by atoms with E-state index in [0.717, 1.165) is 12.1 Å². The predicted octanol–water partition coefficient (Wildman–Crippen LogP) is 3.84. The first-order valence-corrected chi connectivity index (χ1v) is 5.37. The molecule has 0 radical (unpaired) electrons. The summed E-state index contributed by atoms with van der Waals surface area (Å²) in [4.78, 5) is 3.96. The van der Waals surface area contributed by atoms with E-state index < -0.39 is 11.7 Å². The van der Waals surface area contributed by atoms with Crippen molar-refractivity contribution in [3.05, 3.63) is 41.2 Å². The third-order valence-corrected chi connectivity index (χ3v) is 2.69. The van der Waals surface area contributed by atoms with Crippen LogP contribution in [0.2, 0.25) is 5.02 Å². The molecule has 0 amide bonds. The molecule has 1 aromatic carbocycles. The van der Waals surface area contributed by atoms with Gasteiger partial charge in [0.2, 0.25) is 5.95 Å². The molecule has 18 heavy (non-hydrogen) atoms. The van der Waals surface area contributed by atoms with Crippen LogP contribution >= 0.6 is 11.6 Å². The van der Waals surface area contributed by atoms with Gasteiger partial charge in [-0.15, -0.1) is 0 Å². The summed E-state index contributed by atoms with van der Waals surface area (Å²) in [5.41, 5.74) is -0.593. The molecule has 0 aliphatic carbocycles. The number of aromatic nitrogens is 2. The Kier molecular flexibility index (Phi) is 3.21. The van der Waals surface area contributed by atoms with Gasteiger partial charge in [-0.3, -0.25) is 0 Å². The Morgan fingerprint density at radius 2 is 2.06 bits per heavy atom. The zero-order chi connectivity index (χ0) is 13.3. The lowest BCUT2D eigenvalue weighted by atomic mass is 10.2. The largest absolute Gasteiger partial charge is 0.416 e. The molecule has 0 spiro atoms. The summed E-state index contributed by atoms with van der Waals surface area (Å²) in [7, 11) is 1.72. The molecule has 0 saturated carbocycles. The van der Waals surface area contributed by atoms with Crippen molar-refractivity contribution in [3.63, 3.8) is 0 Å². The van der Waals surface area contributed by atoms with Crippen molar-refractivity contribution in [1.82, 2.24) is 9.55 Å². The smallest absolute Gasteiger partial charge is 0.324 e. The summed E-state index contributed by atoms with van der Waals surface area (Å²) < 4.78 is 39.3. The zero-order valence-corrected chi connectivity index (χ0v) is 10.0. The highest BCUT2D eigenvalue weighted by molar-refractivity contribution is 6.33. The molecule has 2 rings (SSSR count). The highest BCUT2D eigenvalue weighted by atomic mass is 35.5. The Labute approximate surface area is 106 Å². The zero-order valence-electron chi connectivity index (χ0n) is 9.29. The van der Waals surface area contributed by atoms with Crippen LogP contribution in [0.5, 0.6) is 0 Å². The van der Waals surface area contributed by atoms with Gasteiger partial charge in [0.25, 0.3) is 0 Å². The second kappa shape index (κ2) is 4.53. The minimum Gasteiger partial charge on any atom is -0.324 e. The van der Waals surface area contributed by atoms with E-state index in [2.05, 4.69) is 10.3 Å². The van der Waals surface area contributed by atoms with Gasteiger partial charge in [0.05, 0.1) is 16.3 Å². The standard InChI is InChI=1S/C11H9ClF3N3/c1-18-5-4-16-10(18)17-9-6-7(11(13,14)15)2-3-8(9)12/h2-6H,1H3,(H,16,17). The highest BCUT2D eigenvalue weighted by Crippen LogP contribution is 2.34. The minimum atomic E-state index is -4.40. The lowest BCUT2D eigenvalue weighted by molar-refractivity contribution is -0.137. The van der Waals surface area contributed by atoms with E-state index in [1.807, 2.05) is 0 Å². The molecule has 0 atom stereocenters. The number of alkyl halides is 3. The Morgan fingerprint density at radius 1 is 1.33 bits per heavy atom. The Bertz CT molecular complexity index is 563. The molecule has 0 saturated heterocycles. The summed E-state index contributed by atoms with van der Waals surface area (Å²) in [5, 5.41) is 2.95. The second-order valence-electron chi connectivity index (χ2n) is 3.68. The molecule has 7 heteroatoms. The fraction of sp³-hybridized carbons (Fsp3) is 0.182. The molecule has 2 aromatic rings. The van der Waals surface area contributed by atoms with Crippen molar-refractivity contribution in [3.8, 4) is 0 Å². The van der Waals surface area contributed by atoms with E-state index in [0.29, 0.717) is 5.95 Å². The molecule has 0 aliphatic rings. The predicted molar refractivity (Wildman–Crippen MR) is 62.9 cm³/mol. The van der Waals surface area contributed by atoms with Gasteiger partial charge in [-0.25, -0.2) is 4.98 Å². The molecule has 96 valence electrons. The van der Waals surface area contributed by atoms with Gasteiger partial charge in [0, 0.05) is 19.4 Å². The number of anilines is 2. The van der Waals surface area contributed by atoms with Crippen LogP contribution in [-0.2, 0) is 13.2 Å². The van der Waals surface area contributed by atoms with Crippen molar-refractivity contribution >= 4 is 23.2 Å². The summed E-state index contributed by atoms with van der Waals surface area (Å²) in [6.45, 7) is 0. The van der Waals surface area contributed by atoms with Crippen LogP contribution in [-0.4, -0.2) is 9.55 Å². The lowest BCUT2D eigenvalue weighted by Gasteiger charge is -2.12. The molecule has 1 aromatic heterocycles. The number of benzene rings is 1. The molecular formula is C11H9ClF3N3. The molecular weight excluding hydrogens is 267 g/mol. The first-order valence-electron chi connectivity index (χ1n) is 4.99. The van der Waals surface area contributed by atoms with E-state index >= 15 is 0 Å². The quantitative estimate of drug-likeness (QED) is 0.902. The molecule has 1 N–H and O–H groups in total. The number of halogens is 4. The summed E-state index contributed by atoms with van der Waals surface area (Å²) in [5.74, 6) is 0.413. The number of hydrogen-bond acceptors (Lipinski definition) is 2. The van der Waals surface area contributed by atoms with Crippen molar-refractivity contribution in [2.45, 2.75) is 6.18 Å². The maximum absolute atomic E-state index is 12.6. The van der Waals surface area contributed by atoms with E-state index in [4.69, 9.17) is 11.6 Å². The third kappa shape index (κ3) is 2.59. The normalized spacial score (nSPS) is 11.6. The van der Waals surface area contributed by atoms with Crippen molar-refractivity contribution in [1.29, 1.82) is 0 Å². The van der Waals surface area contributed by atoms with Crippen molar-refractivity contribution in [2.75, 3.05) is 5.32 Å². The molecule has 0 unspecified atom stereocenters. The number of imidazole rings is 1. The van der Waals surface area contributed by atoms with E-state index in [1.165, 1.54) is 12.3 Å². The topological polar surface area (TPSA) is 29.9 Å². The van der Waals surface area contributed by atoms with Crippen LogP contribution in [0, 0.1) is 0 Å².